The molecule has 1 saturated heterocycles. The van der Waals surface area contributed by atoms with Crippen molar-refractivity contribution in [2.75, 3.05) is 35.7 Å². The van der Waals surface area contributed by atoms with E-state index in [-0.39, 0.29) is 22.8 Å². The number of sulfone groups is 1. The quantitative estimate of drug-likeness (QED) is 0.664. The third kappa shape index (κ3) is 5.12. The van der Waals surface area contributed by atoms with Crippen LogP contribution in [0.3, 0.4) is 0 Å². The standard InChI is InChI=1S/C20H24F4N4O3S/c1-12(2)16-11-27(14-4-5-15(21)17(8-14)32(3,30)31)6-7-28(16)19-25-9-13(10-26-19)18(29)20(22,23)24/h4-5,8-10,12,16,18,29H,6-7,11H2,1-3H3. The van der Waals surface area contributed by atoms with Gasteiger partial charge in [-0.15, -0.1) is 0 Å². The molecule has 2 unspecified atom stereocenters. The van der Waals surface area contributed by atoms with Gasteiger partial charge < -0.3 is 14.9 Å². The van der Waals surface area contributed by atoms with E-state index in [4.69, 9.17) is 0 Å². The van der Waals surface area contributed by atoms with E-state index in [0.717, 1.165) is 24.7 Å². The first-order valence-corrected chi connectivity index (χ1v) is 11.8. The number of benzene rings is 1. The Hall–Kier alpha value is -2.47. The van der Waals surface area contributed by atoms with Gasteiger partial charge in [-0.25, -0.2) is 22.8 Å². The molecule has 1 aliphatic rings. The number of piperazine rings is 1. The summed E-state index contributed by atoms with van der Waals surface area (Å²) in [5.74, 6) is -0.487. The summed E-state index contributed by atoms with van der Waals surface area (Å²) in [6.07, 6.45) is -4.60. The lowest BCUT2D eigenvalue weighted by Gasteiger charge is -2.44. The molecule has 1 aromatic carbocycles. The predicted molar refractivity (Wildman–Crippen MR) is 111 cm³/mol. The van der Waals surface area contributed by atoms with Crippen molar-refractivity contribution in [1.29, 1.82) is 0 Å². The Morgan fingerprint density at radius 1 is 1.16 bits per heavy atom. The molecule has 0 saturated carbocycles. The van der Waals surface area contributed by atoms with Crippen molar-refractivity contribution in [2.45, 2.75) is 37.1 Å². The van der Waals surface area contributed by atoms with E-state index < -0.39 is 33.5 Å². The maximum atomic E-state index is 14.0. The van der Waals surface area contributed by atoms with E-state index in [1.54, 1.807) is 0 Å². The van der Waals surface area contributed by atoms with Gasteiger partial charge in [0.1, 0.15) is 10.7 Å². The van der Waals surface area contributed by atoms with Crippen LogP contribution in [-0.4, -0.2) is 61.6 Å². The number of aliphatic hydroxyl groups is 1. The summed E-state index contributed by atoms with van der Waals surface area (Å²) in [4.78, 5) is 11.5. The van der Waals surface area contributed by atoms with Gasteiger partial charge in [0.25, 0.3) is 0 Å². The number of anilines is 2. The summed E-state index contributed by atoms with van der Waals surface area (Å²) in [6.45, 7) is 5.23. The summed E-state index contributed by atoms with van der Waals surface area (Å²) >= 11 is 0. The summed E-state index contributed by atoms with van der Waals surface area (Å²) in [7, 11) is -3.73. The molecule has 2 atom stereocenters. The highest BCUT2D eigenvalue weighted by atomic mass is 32.2. The van der Waals surface area contributed by atoms with E-state index >= 15 is 0 Å². The predicted octanol–water partition coefficient (Wildman–Crippen LogP) is 2.97. The fourth-order valence-electron chi connectivity index (χ4n) is 3.65. The lowest BCUT2D eigenvalue weighted by molar-refractivity contribution is -0.206. The van der Waals surface area contributed by atoms with Crippen LogP contribution in [0.2, 0.25) is 0 Å². The first-order valence-electron chi connectivity index (χ1n) is 9.87. The number of aromatic nitrogens is 2. The average Bonchev–Trinajstić information content (AvgIpc) is 2.71. The molecule has 176 valence electrons. The molecule has 1 fully saturated rings. The highest BCUT2D eigenvalue weighted by Crippen LogP contribution is 2.33. The highest BCUT2D eigenvalue weighted by molar-refractivity contribution is 7.90. The Labute approximate surface area is 183 Å². The molecule has 3 rings (SSSR count). The topological polar surface area (TPSA) is 86.6 Å². The fraction of sp³-hybridized carbons (Fsp3) is 0.500. The van der Waals surface area contributed by atoms with Crippen LogP contribution in [0.4, 0.5) is 29.2 Å². The van der Waals surface area contributed by atoms with Crippen LogP contribution in [0.5, 0.6) is 0 Å². The van der Waals surface area contributed by atoms with Gasteiger partial charge in [-0.1, -0.05) is 13.8 Å². The largest absolute Gasteiger partial charge is 0.418 e. The van der Waals surface area contributed by atoms with Crippen LogP contribution >= 0.6 is 0 Å². The Morgan fingerprint density at radius 2 is 1.78 bits per heavy atom. The normalized spacial score (nSPS) is 18.8. The molecule has 32 heavy (non-hydrogen) atoms. The summed E-state index contributed by atoms with van der Waals surface area (Å²) in [5, 5.41) is 9.36. The van der Waals surface area contributed by atoms with Crippen LogP contribution in [0.15, 0.2) is 35.5 Å². The highest BCUT2D eigenvalue weighted by Gasteiger charge is 2.40. The lowest BCUT2D eigenvalue weighted by Crippen LogP contribution is -2.56. The van der Waals surface area contributed by atoms with Gasteiger partial charge in [0.15, 0.2) is 15.9 Å². The molecule has 1 aromatic heterocycles. The molecule has 1 N–H and O–H groups in total. The molecular weight excluding hydrogens is 452 g/mol. The number of halogens is 4. The molecule has 0 aliphatic carbocycles. The van der Waals surface area contributed by atoms with E-state index in [2.05, 4.69) is 9.97 Å². The summed E-state index contributed by atoms with van der Waals surface area (Å²) < 4.78 is 75.8. The van der Waals surface area contributed by atoms with Crippen LogP contribution in [0, 0.1) is 11.7 Å². The Bertz CT molecular complexity index is 1060. The number of hydrogen-bond acceptors (Lipinski definition) is 7. The van der Waals surface area contributed by atoms with E-state index in [9.17, 15) is 31.1 Å². The number of alkyl halides is 3. The van der Waals surface area contributed by atoms with Gasteiger partial charge in [0, 0.05) is 49.5 Å². The van der Waals surface area contributed by atoms with Crippen molar-refractivity contribution in [3.05, 3.63) is 42.0 Å². The molecule has 0 spiro atoms. The van der Waals surface area contributed by atoms with Crippen LogP contribution in [0.1, 0.15) is 25.5 Å². The van der Waals surface area contributed by atoms with Crippen LogP contribution in [0.25, 0.3) is 0 Å². The molecule has 1 aliphatic heterocycles. The minimum absolute atomic E-state index is 0.0941. The minimum Gasteiger partial charge on any atom is -0.379 e. The summed E-state index contributed by atoms with van der Waals surface area (Å²) in [6, 6.07) is 3.80. The smallest absolute Gasteiger partial charge is 0.379 e. The molecule has 7 nitrogen and oxygen atoms in total. The Balaban J connectivity index is 1.84. The number of rotatable bonds is 5. The van der Waals surface area contributed by atoms with Gasteiger partial charge >= 0.3 is 6.18 Å². The third-order valence-corrected chi connectivity index (χ3v) is 6.52. The first kappa shape index (κ1) is 24.2. The van der Waals surface area contributed by atoms with Crippen molar-refractivity contribution in [2.24, 2.45) is 5.92 Å². The van der Waals surface area contributed by atoms with Gasteiger partial charge in [0.2, 0.25) is 5.95 Å². The third-order valence-electron chi connectivity index (χ3n) is 5.41. The van der Waals surface area contributed by atoms with Crippen LogP contribution in [-0.2, 0) is 9.84 Å². The zero-order chi connectivity index (χ0) is 23.8. The fourth-order valence-corrected chi connectivity index (χ4v) is 4.40. The Kier molecular flexibility index (Phi) is 6.66. The zero-order valence-electron chi connectivity index (χ0n) is 17.7. The lowest BCUT2D eigenvalue weighted by atomic mass is 9.99. The van der Waals surface area contributed by atoms with E-state index in [1.165, 1.54) is 12.1 Å². The minimum atomic E-state index is -4.81. The van der Waals surface area contributed by atoms with Gasteiger partial charge in [-0.3, -0.25) is 0 Å². The van der Waals surface area contributed by atoms with Gasteiger partial charge in [-0.2, -0.15) is 13.2 Å². The van der Waals surface area contributed by atoms with Crippen molar-refractivity contribution in [3.8, 4) is 0 Å². The molecule has 2 heterocycles. The molecular formula is C20H24F4N4O3S. The first-order chi connectivity index (χ1) is 14.8. The SMILES string of the molecule is CC(C)C1CN(c2ccc(F)c(S(C)(=O)=O)c2)CCN1c1ncc(C(O)C(F)(F)F)cn1. The van der Waals surface area contributed by atoms with Gasteiger partial charge in [-0.05, 0) is 24.1 Å². The molecule has 0 radical (unpaired) electrons. The van der Waals surface area contributed by atoms with Crippen molar-refractivity contribution >= 4 is 21.5 Å². The molecule has 12 heteroatoms. The van der Waals surface area contributed by atoms with E-state index in [1.807, 2.05) is 23.6 Å². The number of aliphatic hydroxyl groups excluding tert-OH is 1. The zero-order valence-corrected chi connectivity index (χ0v) is 18.5. The Morgan fingerprint density at radius 3 is 2.31 bits per heavy atom. The maximum absolute atomic E-state index is 14.0. The summed E-state index contributed by atoms with van der Waals surface area (Å²) in [5.41, 5.74) is 0.113. The number of nitrogens with zero attached hydrogens (tertiary/aromatic N) is 4. The second-order valence-corrected chi connectivity index (χ2v) is 10.1. The monoisotopic (exact) mass is 476 g/mol. The molecule has 2 aromatic rings. The van der Waals surface area contributed by atoms with E-state index in [0.29, 0.717) is 25.3 Å². The van der Waals surface area contributed by atoms with Gasteiger partial charge in [0.05, 0.1) is 6.04 Å². The number of hydrogen-bond donors (Lipinski definition) is 1. The second-order valence-electron chi connectivity index (χ2n) is 8.10. The molecule has 0 bridgehead atoms. The second kappa shape index (κ2) is 8.81. The molecule has 0 amide bonds. The van der Waals surface area contributed by atoms with Crippen LogP contribution < -0.4 is 9.80 Å². The van der Waals surface area contributed by atoms with Crippen molar-refractivity contribution in [1.82, 2.24) is 9.97 Å². The van der Waals surface area contributed by atoms with Crippen molar-refractivity contribution in [3.63, 3.8) is 0 Å². The van der Waals surface area contributed by atoms with Crippen molar-refractivity contribution < 1.29 is 31.1 Å². The maximum Gasteiger partial charge on any atom is 0.418 e. The average molecular weight is 476 g/mol.